The molecule has 0 spiro atoms. The van der Waals surface area contributed by atoms with Crippen molar-refractivity contribution in [2.75, 3.05) is 0 Å². The Balaban J connectivity index is 2.95. The summed E-state index contributed by atoms with van der Waals surface area (Å²) in [6.07, 6.45) is 1.51. The van der Waals surface area contributed by atoms with Crippen LogP contribution < -0.4 is 0 Å². The maximum atomic E-state index is 9.66. The third-order valence-electron chi connectivity index (χ3n) is 2.27. The van der Waals surface area contributed by atoms with Crippen LogP contribution in [0.15, 0.2) is 23.8 Å². The summed E-state index contributed by atoms with van der Waals surface area (Å²) >= 11 is 0. The zero-order chi connectivity index (χ0) is 8.65. The monoisotopic (exact) mass is 154 g/mol. The van der Waals surface area contributed by atoms with E-state index in [1.54, 1.807) is 13.0 Å². The minimum atomic E-state index is -0.861. The van der Waals surface area contributed by atoms with Gasteiger partial charge in [-0.3, -0.25) is 0 Å². The van der Waals surface area contributed by atoms with Gasteiger partial charge in [0.2, 0.25) is 0 Å². The number of hydrogen-bond donors (Lipinski definition) is 2. The van der Waals surface area contributed by atoms with Crippen molar-refractivity contribution < 1.29 is 10.2 Å². The highest BCUT2D eigenvalue weighted by Gasteiger charge is 2.31. The van der Waals surface area contributed by atoms with Crippen molar-refractivity contribution >= 4 is 0 Å². The van der Waals surface area contributed by atoms with Crippen LogP contribution in [0.25, 0.3) is 0 Å². The lowest BCUT2D eigenvalue weighted by Gasteiger charge is -2.32. The fraction of sp³-hybridized carbons (Fsp3) is 0.556. The zero-order valence-corrected chi connectivity index (χ0v) is 6.96. The predicted octanol–water partition coefficient (Wildman–Crippen LogP) is 1.00. The standard InChI is InChI=1S/C9H14O2/c1-6-4-7(2)9(3,11)5-8(6)10/h4,8,10-11H,1,5H2,2-3H3/t8-,9-/m0/s1. The van der Waals surface area contributed by atoms with Crippen molar-refractivity contribution in [2.45, 2.75) is 32.0 Å². The molecule has 0 amide bonds. The van der Waals surface area contributed by atoms with Gasteiger partial charge in [0.05, 0.1) is 11.7 Å². The van der Waals surface area contributed by atoms with E-state index in [2.05, 4.69) is 6.58 Å². The average Bonchev–Trinajstić information content (AvgIpc) is 1.83. The first-order chi connectivity index (χ1) is 4.93. The van der Waals surface area contributed by atoms with E-state index in [4.69, 9.17) is 0 Å². The van der Waals surface area contributed by atoms with E-state index < -0.39 is 11.7 Å². The van der Waals surface area contributed by atoms with Crippen molar-refractivity contribution in [3.8, 4) is 0 Å². The Hall–Kier alpha value is -0.600. The smallest absolute Gasteiger partial charge is 0.0857 e. The van der Waals surface area contributed by atoms with Crippen molar-refractivity contribution in [1.82, 2.24) is 0 Å². The first-order valence-electron chi connectivity index (χ1n) is 3.71. The molecule has 0 heterocycles. The van der Waals surface area contributed by atoms with Crippen molar-refractivity contribution in [2.24, 2.45) is 0 Å². The third-order valence-corrected chi connectivity index (χ3v) is 2.27. The molecule has 0 saturated carbocycles. The molecule has 2 heteroatoms. The summed E-state index contributed by atoms with van der Waals surface area (Å²) in [5, 5.41) is 19.0. The van der Waals surface area contributed by atoms with Crippen molar-refractivity contribution in [1.29, 1.82) is 0 Å². The van der Waals surface area contributed by atoms with E-state index in [-0.39, 0.29) is 0 Å². The van der Waals surface area contributed by atoms with Gasteiger partial charge in [-0.05, 0) is 25.0 Å². The number of rotatable bonds is 0. The molecule has 0 aromatic rings. The topological polar surface area (TPSA) is 40.5 Å². The zero-order valence-electron chi connectivity index (χ0n) is 6.96. The average molecular weight is 154 g/mol. The van der Waals surface area contributed by atoms with Gasteiger partial charge in [0.25, 0.3) is 0 Å². The van der Waals surface area contributed by atoms with Crippen LogP contribution in [0.4, 0.5) is 0 Å². The minimum absolute atomic E-state index is 0.355. The van der Waals surface area contributed by atoms with Gasteiger partial charge >= 0.3 is 0 Å². The molecule has 0 fully saturated rings. The molecular weight excluding hydrogens is 140 g/mol. The highest BCUT2D eigenvalue weighted by Crippen LogP contribution is 2.30. The molecule has 0 aromatic carbocycles. The second-order valence-electron chi connectivity index (χ2n) is 3.40. The van der Waals surface area contributed by atoms with Crippen molar-refractivity contribution in [3.05, 3.63) is 23.8 Å². The highest BCUT2D eigenvalue weighted by molar-refractivity contribution is 5.33. The second-order valence-corrected chi connectivity index (χ2v) is 3.40. The normalized spacial score (nSPS) is 38.7. The van der Waals surface area contributed by atoms with Gasteiger partial charge in [0.1, 0.15) is 0 Å². The lowest BCUT2D eigenvalue weighted by atomic mass is 9.82. The Kier molecular flexibility index (Phi) is 1.90. The molecule has 2 N–H and O–H groups in total. The number of aliphatic hydroxyl groups excluding tert-OH is 1. The van der Waals surface area contributed by atoms with Crippen LogP contribution in [0.1, 0.15) is 20.3 Å². The van der Waals surface area contributed by atoms with E-state index in [1.165, 1.54) is 0 Å². The van der Waals surface area contributed by atoms with E-state index in [0.717, 1.165) is 5.57 Å². The summed E-state index contributed by atoms with van der Waals surface area (Å²) in [6.45, 7) is 7.22. The van der Waals surface area contributed by atoms with Crippen LogP contribution >= 0.6 is 0 Å². The van der Waals surface area contributed by atoms with E-state index in [1.807, 2.05) is 6.92 Å². The van der Waals surface area contributed by atoms with Gasteiger partial charge < -0.3 is 10.2 Å². The molecule has 0 aliphatic heterocycles. The Labute approximate surface area is 66.9 Å². The minimum Gasteiger partial charge on any atom is -0.388 e. The van der Waals surface area contributed by atoms with E-state index in [0.29, 0.717) is 12.0 Å². The van der Waals surface area contributed by atoms with E-state index in [9.17, 15) is 10.2 Å². The summed E-state index contributed by atoms with van der Waals surface area (Å²) in [6, 6.07) is 0. The molecule has 2 nitrogen and oxygen atoms in total. The van der Waals surface area contributed by atoms with Crippen LogP contribution in [0, 0.1) is 0 Å². The SMILES string of the molecule is C=C1C=C(C)[C@@](C)(O)C[C@@H]1O. The van der Waals surface area contributed by atoms with Gasteiger partial charge in [0, 0.05) is 6.42 Å². The largest absolute Gasteiger partial charge is 0.388 e. The van der Waals surface area contributed by atoms with Crippen molar-refractivity contribution in [3.63, 3.8) is 0 Å². The highest BCUT2D eigenvalue weighted by atomic mass is 16.3. The fourth-order valence-corrected chi connectivity index (χ4v) is 1.20. The first kappa shape index (κ1) is 8.50. The quantitative estimate of drug-likeness (QED) is 0.546. The molecule has 62 valence electrons. The lowest BCUT2D eigenvalue weighted by Crippen LogP contribution is -2.35. The molecule has 1 aliphatic carbocycles. The van der Waals surface area contributed by atoms with Gasteiger partial charge in [-0.15, -0.1) is 0 Å². The molecule has 0 aromatic heterocycles. The lowest BCUT2D eigenvalue weighted by molar-refractivity contribution is 0.0388. The Morgan fingerprint density at radius 3 is 2.73 bits per heavy atom. The summed E-state index contributed by atoms with van der Waals surface area (Å²) in [4.78, 5) is 0. The molecular formula is C9H14O2. The number of hydrogen-bond acceptors (Lipinski definition) is 2. The number of aliphatic hydroxyl groups is 2. The predicted molar refractivity (Wildman–Crippen MR) is 44.1 cm³/mol. The maximum Gasteiger partial charge on any atom is 0.0857 e. The molecule has 1 aliphatic rings. The van der Waals surface area contributed by atoms with E-state index >= 15 is 0 Å². The molecule has 0 unspecified atom stereocenters. The van der Waals surface area contributed by atoms with Crippen LogP contribution in [0.5, 0.6) is 0 Å². The third kappa shape index (κ3) is 1.52. The Bertz CT molecular complexity index is 214. The summed E-state index contributed by atoms with van der Waals surface area (Å²) in [5.41, 5.74) is 0.697. The summed E-state index contributed by atoms with van der Waals surface area (Å²) in [7, 11) is 0. The summed E-state index contributed by atoms with van der Waals surface area (Å²) in [5.74, 6) is 0. The van der Waals surface area contributed by atoms with Gasteiger partial charge in [-0.25, -0.2) is 0 Å². The van der Waals surface area contributed by atoms with Crippen LogP contribution in [0.3, 0.4) is 0 Å². The van der Waals surface area contributed by atoms with Gasteiger partial charge in [-0.1, -0.05) is 12.7 Å². The molecule has 0 radical (unpaired) electrons. The molecule has 0 saturated heterocycles. The van der Waals surface area contributed by atoms with Crippen LogP contribution in [-0.2, 0) is 0 Å². The van der Waals surface area contributed by atoms with Crippen LogP contribution in [-0.4, -0.2) is 21.9 Å². The molecule has 11 heavy (non-hydrogen) atoms. The Morgan fingerprint density at radius 1 is 1.73 bits per heavy atom. The van der Waals surface area contributed by atoms with Gasteiger partial charge in [0.15, 0.2) is 0 Å². The first-order valence-corrected chi connectivity index (χ1v) is 3.71. The molecule has 0 bridgehead atoms. The maximum absolute atomic E-state index is 9.66. The fourth-order valence-electron chi connectivity index (χ4n) is 1.20. The second kappa shape index (κ2) is 2.47. The Morgan fingerprint density at radius 2 is 2.27 bits per heavy atom. The van der Waals surface area contributed by atoms with Crippen LogP contribution in [0.2, 0.25) is 0 Å². The summed E-state index contributed by atoms with van der Waals surface area (Å²) < 4.78 is 0. The molecule has 2 atom stereocenters. The van der Waals surface area contributed by atoms with Gasteiger partial charge in [-0.2, -0.15) is 0 Å². The molecule has 1 rings (SSSR count).